The Hall–Kier alpha value is -2.68. The summed E-state index contributed by atoms with van der Waals surface area (Å²) in [6, 6.07) is 3.15. The fourth-order valence-electron chi connectivity index (χ4n) is 2.40. The highest BCUT2D eigenvalue weighted by Crippen LogP contribution is 2.34. The van der Waals surface area contributed by atoms with Gasteiger partial charge in [0.25, 0.3) is 5.69 Å². The van der Waals surface area contributed by atoms with Crippen LogP contribution in [0.25, 0.3) is 0 Å². The number of aromatic nitrogens is 1. The molecule has 1 aliphatic heterocycles. The summed E-state index contributed by atoms with van der Waals surface area (Å²) in [6.45, 7) is 0.367. The van der Waals surface area contributed by atoms with Gasteiger partial charge < -0.3 is 16.0 Å². The number of hydrogen-bond donors (Lipinski definition) is 3. The molecule has 0 bridgehead atoms. The van der Waals surface area contributed by atoms with E-state index in [1.165, 1.54) is 17.4 Å². The maximum atomic E-state index is 11.5. The highest BCUT2D eigenvalue weighted by Gasteiger charge is 2.22. The van der Waals surface area contributed by atoms with Crippen LogP contribution in [-0.2, 0) is 17.8 Å². The number of amides is 1. The Bertz CT molecular complexity index is 774. The number of fused-ring (bicyclic) bond motifs is 1. The third-order valence-electron chi connectivity index (χ3n) is 3.54. The van der Waals surface area contributed by atoms with Gasteiger partial charge in [-0.05, 0) is 18.1 Å². The van der Waals surface area contributed by atoms with Gasteiger partial charge in [-0.2, -0.15) is 0 Å². The van der Waals surface area contributed by atoms with E-state index in [4.69, 9.17) is 0 Å². The van der Waals surface area contributed by atoms with Gasteiger partial charge in [0.2, 0.25) is 5.91 Å². The van der Waals surface area contributed by atoms with E-state index in [-0.39, 0.29) is 11.6 Å². The van der Waals surface area contributed by atoms with Crippen LogP contribution in [0.3, 0.4) is 0 Å². The summed E-state index contributed by atoms with van der Waals surface area (Å²) in [5.41, 5.74) is 2.57. The summed E-state index contributed by atoms with van der Waals surface area (Å²) < 4.78 is 0. The van der Waals surface area contributed by atoms with Crippen LogP contribution in [0.1, 0.15) is 17.7 Å². The molecule has 2 aromatic rings. The number of carbonyl (C=O) groups excluding carboxylic acids is 1. The van der Waals surface area contributed by atoms with Crippen LogP contribution in [0.5, 0.6) is 0 Å². The SMILES string of the molecule is CNc1nc(CNc2cc3c(cc2[N+](=O)[O-])CCC(=O)N3)cs1. The molecule has 1 amide bonds. The molecular weight excluding hydrogens is 318 g/mol. The lowest BCUT2D eigenvalue weighted by Crippen LogP contribution is -2.19. The number of nitro groups is 1. The van der Waals surface area contributed by atoms with Crippen LogP contribution in [0, 0.1) is 10.1 Å². The number of rotatable bonds is 5. The molecule has 0 spiro atoms. The zero-order valence-electron chi connectivity index (χ0n) is 12.4. The highest BCUT2D eigenvalue weighted by molar-refractivity contribution is 7.13. The minimum Gasteiger partial charge on any atom is -0.374 e. The molecule has 8 nitrogen and oxygen atoms in total. The summed E-state index contributed by atoms with van der Waals surface area (Å²) in [7, 11) is 1.78. The Morgan fingerprint density at radius 3 is 2.96 bits per heavy atom. The highest BCUT2D eigenvalue weighted by atomic mass is 32.1. The van der Waals surface area contributed by atoms with Crippen molar-refractivity contribution in [3.63, 3.8) is 0 Å². The second kappa shape index (κ2) is 6.21. The van der Waals surface area contributed by atoms with Crippen molar-refractivity contribution in [1.29, 1.82) is 0 Å². The molecule has 0 radical (unpaired) electrons. The Morgan fingerprint density at radius 1 is 1.43 bits per heavy atom. The zero-order chi connectivity index (χ0) is 16.4. The van der Waals surface area contributed by atoms with Gasteiger partial charge in [0.05, 0.1) is 17.2 Å². The molecule has 120 valence electrons. The van der Waals surface area contributed by atoms with Crippen molar-refractivity contribution in [2.24, 2.45) is 0 Å². The average Bonchev–Trinajstić information content (AvgIpc) is 2.99. The van der Waals surface area contributed by atoms with Crippen LogP contribution < -0.4 is 16.0 Å². The van der Waals surface area contributed by atoms with Crippen molar-refractivity contribution in [2.45, 2.75) is 19.4 Å². The summed E-state index contributed by atoms with van der Waals surface area (Å²) in [4.78, 5) is 26.7. The maximum absolute atomic E-state index is 11.5. The van der Waals surface area contributed by atoms with E-state index in [9.17, 15) is 14.9 Å². The smallest absolute Gasteiger partial charge is 0.292 e. The van der Waals surface area contributed by atoms with Crippen LogP contribution in [0.2, 0.25) is 0 Å². The molecule has 3 rings (SSSR count). The van der Waals surface area contributed by atoms with E-state index >= 15 is 0 Å². The number of nitrogens with one attached hydrogen (secondary N) is 3. The van der Waals surface area contributed by atoms with Gasteiger partial charge in [0, 0.05) is 30.6 Å². The first-order valence-corrected chi connectivity index (χ1v) is 7.92. The molecule has 1 aromatic carbocycles. The molecule has 0 atom stereocenters. The fourth-order valence-corrected chi connectivity index (χ4v) is 3.07. The van der Waals surface area contributed by atoms with Gasteiger partial charge >= 0.3 is 0 Å². The maximum Gasteiger partial charge on any atom is 0.292 e. The Kier molecular flexibility index (Phi) is 4.11. The normalized spacial score (nSPS) is 13.2. The molecule has 3 N–H and O–H groups in total. The quantitative estimate of drug-likeness (QED) is 0.573. The third kappa shape index (κ3) is 3.24. The number of nitrogens with zero attached hydrogens (tertiary/aromatic N) is 2. The lowest BCUT2D eigenvalue weighted by atomic mass is 10.0. The monoisotopic (exact) mass is 333 g/mol. The standard InChI is InChI=1S/C14H15N5O3S/c1-15-14-17-9(7-23-14)6-16-11-5-10-8(2-3-13(20)18-10)4-12(11)19(21)22/h4-5,7,16H,2-3,6H2,1H3,(H,15,17)(H,18,20). The number of thiazole rings is 1. The van der Waals surface area contributed by atoms with Crippen LogP contribution in [0.15, 0.2) is 17.5 Å². The van der Waals surface area contributed by atoms with E-state index in [1.54, 1.807) is 13.1 Å². The predicted octanol–water partition coefficient (Wildman–Crippen LogP) is 2.59. The van der Waals surface area contributed by atoms with Crippen molar-refractivity contribution in [3.05, 3.63) is 38.9 Å². The number of aryl methyl sites for hydroxylation is 1. The first kappa shape index (κ1) is 15.2. The third-order valence-corrected chi connectivity index (χ3v) is 4.45. The van der Waals surface area contributed by atoms with Gasteiger partial charge in [-0.15, -0.1) is 11.3 Å². The lowest BCUT2D eigenvalue weighted by molar-refractivity contribution is -0.384. The minimum absolute atomic E-state index is 0.00367. The van der Waals surface area contributed by atoms with Gasteiger partial charge in [-0.3, -0.25) is 14.9 Å². The van der Waals surface area contributed by atoms with E-state index in [2.05, 4.69) is 20.9 Å². The number of carbonyl (C=O) groups is 1. The molecule has 23 heavy (non-hydrogen) atoms. The largest absolute Gasteiger partial charge is 0.374 e. The molecule has 0 fully saturated rings. The molecule has 0 saturated carbocycles. The van der Waals surface area contributed by atoms with Crippen LogP contribution in [-0.4, -0.2) is 22.9 Å². The molecule has 9 heteroatoms. The minimum atomic E-state index is -0.418. The Labute approximate surface area is 136 Å². The average molecular weight is 333 g/mol. The summed E-state index contributed by atoms with van der Waals surface area (Å²) in [5.74, 6) is -0.0736. The van der Waals surface area contributed by atoms with Crippen molar-refractivity contribution in [2.75, 3.05) is 23.0 Å². The van der Waals surface area contributed by atoms with Crippen molar-refractivity contribution >= 4 is 39.4 Å². The molecule has 0 saturated heterocycles. The van der Waals surface area contributed by atoms with Gasteiger partial charge in [-0.25, -0.2) is 4.98 Å². The fraction of sp³-hybridized carbons (Fsp3) is 0.286. The zero-order valence-corrected chi connectivity index (χ0v) is 13.2. The Morgan fingerprint density at radius 2 is 2.26 bits per heavy atom. The van der Waals surface area contributed by atoms with Crippen molar-refractivity contribution in [1.82, 2.24) is 4.98 Å². The molecule has 1 aliphatic rings. The van der Waals surface area contributed by atoms with E-state index in [1.807, 2.05) is 5.38 Å². The number of nitro benzene ring substituents is 1. The second-order valence-corrected chi connectivity index (χ2v) is 5.94. The Balaban J connectivity index is 1.85. The molecule has 0 unspecified atom stereocenters. The van der Waals surface area contributed by atoms with E-state index in [0.29, 0.717) is 30.8 Å². The van der Waals surface area contributed by atoms with Crippen LogP contribution >= 0.6 is 11.3 Å². The summed E-state index contributed by atoms with van der Waals surface area (Å²) in [6.07, 6.45) is 0.864. The van der Waals surface area contributed by atoms with E-state index in [0.717, 1.165) is 16.4 Å². The van der Waals surface area contributed by atoms with Crippen LogP contribution in [0.4, 0.5) is 22.2 Å². The summed E-state index contributed by atoms with van der Waals surface area (Å²) in [5, 5.41) is 22.7. The van der Waals surface area contributed by atoms with E-state index < -0.39 is 4.92 Å². The first-order chi connectivity index (χ1) is 11.1. The molecule has 2 heterocycles. The molecule has 1 aromatic heterocycles. The second-order valence-electron chi connectivity index (χ2n) is 5.08. The predicted molar refractivity (Wildman–Crippen MR) is 89.0 cm³/mol. The summed E-state index contributed by atoms with van der Waals surface area (Å²) >= 11 is 1.47. The number of benzene rings is 1. The first-order valence-electron chi connectivity index (χ1n) is 7.04. The van der Waals surface area contributed by atoms with Gasteiger partial charge in [0.15, 0.2) is 5.13 Å². The number of anilines is 3. The number of hydrogen-bond acceptors (Lipinski definition) is 7. The molecular formula is C14H15N5O3S. The van der Waals surface area contributed by atoms with Crippen molar-refractivity contribution in [3.8, 4) is 0 Å². The van der Waals surface area contributed by atoms with Gasteiger partial charge in [0.1, 0.15) is 5.69 Å². The molecule has 0 aliphatic carbocycles. The lowest BCUT2D eigenvalue weighted by Gasteiger charge is -2.18. The topological polar surface area (TPSA) is 109 Å². The van der Waals surface area contributed by atoms with Gasteiger partial charge in [-0.1, -0.05) is 0 Å². The van der Waals surface area contributed by atoms with Crippen molar-refractivity contribution < 1.29 is 9.72 Å².